The van der Waals surface area contributed by atoms with E-state index in [9.17, 15) is 0 Å². The summed E-state index contributed by atoms with van der Waals surface area (Å²) in [4.78, 5) is 2.17. The van der Waals surface area contributed by atoms with Gasteiger partial charge in [-0.3, -0.25) is 0 Å². The average Bonchev–Trinajstić information content (AvgIpc) is 2.46. The maximum absolute atomic E-state index is 5.83. The summed E-state index contributed by atoms with van der Waals surface area (Å²) in [5.74, 6) is 0. The molecule has 0 aliphatic carbocycles. The van der Waals surface area contributed by atoms with Crippen LogP contribution < -0.4 is 10.6 Å². The lowest BCUT2D eigenvalue weighted by atomic mass is 10.1. The van der Waals surface area contributed by atoms with Gasteiger partial charge in [-0.25, -0.2) is 0 Å². The average molecular weight is 319 g/mol. The predicted molar refractivity (Wildman–Crippen MR) is 85.9 cm³/mol. The molecule has 0 aliphatic rings. The molecule has 0 aromatic heterocycles. The number of rotatable bonds is 4. The third-order valence-electron chi connectivity index (χ3n) is 3.35. The van der Waals surface area contributed by atoms with Crippen LogP contribution in [0.25, 0.3) is 0 Å². The second-order valence-electron chi connectivity index (χ2n) is 4.56. The van der Waals surface area contributed by atoms with Gasteiger partial charge in [0.05, 0.1) is 0 Å². The molecular formula is C16H19BrN2. The molecule has 0 spiro atoms. The maximum atomic E-state index is 5.83. The first kappa shape index (κ1) is 14.1. The van der Waals surface area contributed by atoms with Crippen LogP contribution in [0.4, 0.5) is 11.4 Å². The van der Waals surface area contributed by atoms with Crippen molar-refractivity contribution in [2.75, 3.05) is 11.9 Å². The fourth-order valence-corrected chi connectivity index (χ4v) is 2.55. The van der Waals surface area contributed by atoms with Gasteiger partial charge in [0, 0.05) is 29.4 Å². The van der Waals surface area contributed by atoms with Gasteiger partial charge in [-0.2, -0.15) is 0 Å². The molecule has 2 rings (SSSR count). The number of halogens is 1. The van der Waals surface area contributed by atoms with Crippen LogP contribution in [0.1, 0.15) is 18.1 Å². The monoisotopic (exact) mass is 318 g/mol. The van der Waals surface area contributed by atoms with Crippen molar-refractivity contribution >= 4 is 27.3 Å². The molecule has 0 atom stereocenters. The first-order chi connectivity index (χ1) is 9.15. The topological polar surface area (TPSA) is 29.3 Å². The molecule has 2 aromatic carbocycles. The van der Waals surface area contributed by atoms with E-state index in [-0.39, 0.29) is 0 Å². The van der Waals surface area contributed by atoms with Gasteiger partial charge in [0.2, 0.25) is 0 Å². The quantitative estimate of drug-likeness (QED) is 0.913. The third kappa shape index (κ3) is 3.17. The molecule has 19 heavy (non-hydrogen) atoms. The minimum Gasteiger partial charge on any atom is -0.344 e. The molecule has 100 valence electrons. The summed E-state index contributed by atoms with van der Waals surface area (Å²) in [5, 5.41) is 0. The Morgan fingerprint density at radius 3 is 2.37 bits per heavy atom. The summed E-state index contributed by atoms with van der Waals surface area (Å²) >= 11 is 3.49. The van der Waals surface area contributed by atoms with Gasteiger partial charge in [-0.15, -0.1) is 0 Å². The molecule has 0 saturated carbocycles. The van der Waals surface area contributed by atoms with Crippen LogP contribution in [0.15, 0.2) is 46.9 Å². The third-order valence-corrected chi connectivity index (χ3v) is 3.85. The second kappa shape index (κ2) is 6.22. The normalized spacial score (nSPS) is 10.5. The Morgan fingerprint density at radius 1 is 1.11 bits per heavy atom. The van der Waals surface area contributed by atoms with Gasteiger partial charge in [-0.1, -0.05) is 35.0 Å². The highest BCUT2D eigenvalue weighted by molar-refractivity contribution is 9.10. The number of nitrogens with zero attached hydrogens (tertiary/aromatic N) is 1. The van der Waals surface area contributed by atoms with Crippen LogP contribution in [0.3, 0.4) is 0 Å². The molecule has 0 heterocycles. The van der Waals surface area contributed by atoms with E-state index in [1.807, 2.05) is 6.07 Å². The lowest BCUT2D eigenvalue weighted by Gasteiger charge is -2.22. The Bertz CT molecular complexity index is 549. The molecular weight excluding hydrogens is 300 g/mol. The SMILES string of the molecule is CCc1ccc(N(C)c2ccc(Br)cc2CN)cc1. The van der Waals surface area contributed by atoms with E-state index >= 15 is 0 Å². The van der Waals surface area contributed by atoms with E-state index in [0.717, 1.165) is 22.1 Å². The van der Waals surface area contributed by atoms with Crippen LogP contribution in [0.5, 0.6) is 0 Å². The Kier molecular flexibility index (Phi) is 4.61. The van der Waals surface area contributed by atoms with E-state index < -0.39 is 0 Å². The Labute approximate surface area is 123 Å². The summed E-state index contributed by atoms with van der Waals surface area (Å²) in [6.07, 6.45) is 1.07. The van der Waals surface area contributed by atoms with Crippen molar-refractivity contribution in [2.24, 2.45) is 5.73 Å². The molecule has 0 radical (unpaired) electrons. The molecule has 2 aromatic rings. The van der Waals surface area contributed by atoms with Crippen molar-refractivity contribution in [3.8, 4) is 0 Å². The van der Waals surface area contributed by atoms with Crippen molar-refractivity contribution in [1.29, 1.82) is 0 Å². The summed E-state index contributed by atoms with van der Waals surface area (Å²) in [7, 11) is 2.07. The van der Waals surface area contributed by atoms with Gasteiger partial charge >= 0.3 is 0 Å². The zero-order chi connectivity index (χ0) is 13.8. The van der Waals surface area contributed by atoms with Crippen molar-refractivity contribution in [3.05, 3.63) is 58.1 Å². The molecule has 0 amide bonds. The number of aryl methyl sites for hydroxylation is 1. The lowest BCUT2D eigenvalue weighted by Crippen LogP contribution is -2.13. The number of nitrogens with two attached hydrogens (primary N) is 1. The highest BCUT2D eigenvalue weighted by Gasteiger charge is 2.08. The summed E-state index contributed by atoms with van der Waals surface area (Å²) < 4.78 is 1.06. The minimum atomic E-state index is 0.534. The van der Waals surface area contributed by atoms with Gasteiger partial charge in [0.25, 0.3) is 0 Å². The highest BCUT2D eigenvalue weighted by Crippen LogP contribution is 2.29. The molecule has 2 N–H and O–H groups in total. The van der Waals surface area contributed by atoms with Crippen molar-refractivity contribution in [2.45, 2.75) is 19.9 Å². The van der Waals surface area contributed by atoms with Crippen molar-refractivity contribution < 1.29 is 0 Å². The molecule has 0 bridgehead atoms. The molecule has 0 unspecified atom stereocenters. The van der Waals surface area contributed by atoms with E-state index in [0.29, 0.717) is 6.54 Å². The number of anilines is 2. The van der Waals surface area contributed by atoms with E-state index in [1.165, 1.54) is 11.3 Å². The van der Waals surface area contributed by atoms with Gasteiger partial charge < -0.3 is 10.6 Å². The van der Waals surface area contributed by atoms with Crippen LogP contribution >= 0.6 is 15.9 Å². The Hall–Kier alpha value is -1.32. The zero-order valence-electron chi connectivity index (χ0n) is 11.4. The highest BCUT2D eigenvalue weighted by atomic mass is 79.9. The predicted octanol–water partition coefficient (Wildman–Crippen LogP) is 4.24. The van der Waals surface area contributed by atoms with Crippen LogP contribution in [-0.2, 0) is 13.0 Å². The van der Waals surface area contributed by atoms with Gasteiger partial charge in [0.1, 0.15) is 0 Å². The fourth-order valence-electron chi connectivity index (χ4n) is 2.14. The molecule has 0 saturated heterocycles. The lowest BCUT2D eigenvalue weighted by molar-refractivity contribution is 1.04. The van der Waals surface area contributed by atoms with Crippen LogP contribution in [0, 0.1) is 0 Å². The van der Waals surface area contributed by atoms with E-state index in [2.05, 4.69) is 71.2 Å². The number of hydrogen-bond acceptors (Lipinski definition) is 2. The van der Waals surface area contributed by atoms with E-state index in [4.69, 9.17) is 5.73 Å². The van der Waals surface area contributed by atoms with E-state index in [1.54, 1.807) is 0 Å². The molecule has 2 nitrogen and oxygen atoms in total. The maximum Gasteiger partial charge on any atom is 0.0454 e. The minimum absolute atomic E-state index is 0.534. The smallest absolute Gasteiger partial charge is 0.0454 e. The van der Waals surface area contributed by atoms with Gasteiger partial charge in [-0.05, 0) is 47.9 Å². The first-order valence-corrected chi connectivity index (χ1v) is 7.26. The zero-order valence-corrected chi connectivity index (χ0v) is 12.9. The molecule has 0 aliphatic heterocycles. The standard InChI is InChI=1S/C16H19BrN2/c1-3-12-4-7-15(8-5-12)19(2)16-9-6-14(17)10-13(16)11-18/h4-10H,3,11,18H2,1-2H3. The van der Waals surface area contributed by atoms with Crippen molar-refractivity contribution in [1.82, 2.24) is 0 Å². The summed E-state index contributed by atoms with van der Waals surface area (Å²) in [5.41, 5.74) is 10.6. The van der Waals surface area contributed by atoms with Crippen LogP contribution in [-0.4, -0.2) is 7.05 Å². The van der Waals surface area contributed by atoms with Crippen LogP contribution in [0.2, 0.25) is 0 Å². The van der Waals surface area contributed by atoms with Gasteiger partial charge in [0.15, 0.2) is 0 Å². The second-order valence-corrected chi connectivity index (χ2v) is 5.47. The first-order valence-electron chi connectivity index (χ1n) is 6.47. The molecule has 0 fully saturated rings. The summed E-state index contributed by atoms with van der Waals surface area (Å²) in [6.45, 7) is 2.70. The fraction of sp³-hybridized carbons (Fsp3) is 0.250. The Balaban J connectivity index is 2.34. The van der Waals surface area contributed by atoms with Crippen molar-refractivity contribution in [3.63, 3.8) is 0 Å². The number of benzene rings is 2. The molecule has 3 heteroatoms. The Morgan fingerprint density at radius 2 is 1.79 bits per heavy atom. The number of hydrogen-bond donors (Lipinski definition) is 1. The largest absolute Gasteiger partial charge is 0.344 e. The summed E-state index contributed by atoms with van der Waals surface area (Å²) in [6, 6.07) is 14.9.